The summed E-state index contributed by atoms with van der Waals surface area (Å²) in [5.74, 6) is -0.605. The Kier molecular flexibility index (Phi) is 7.25. The van der Waals surface area contributed by atoms with Crippen molar-refractivity contribution in [2.45, 2.75) is 18.9 Å². The number of nitrogens with one attached hydrogen (secondary N) is 3. The van der Waals surface area contributed by atoms with Gasteiger partial charge in [0, 0.05) is 50.3 Å². The zero-order valence-electron chi connectivity index (χ0n) is 19.6. The van der Waals surface area contributed by atoms with Gasteiger partial charge < -0.3 is 26.6 Å². The second-order valence-corrected chi connectivity index (χ2v) is 8.30. The number of rotatable bonds is 7. The van der Waals surface area contributed by atoms with E-state index < -0.39 is 17.6 Å². The Bertz CT molecular complexity index is 1310. The van der Waals surface area contributed by atoms with Crippen LogP contribution in [0.1, 0.15) is 39.1 Å². The molecule has 1 aliphatic rings. The molecule has 5 N–H and O–H groups in total. The molecule has 1 aromatic carbocycles. The predicted octanol–water partition coefficient (Wildman–Crippen LogP) is 2.77. The molecule has 0 radical (unpaired) electrons. The highest BCUT2D eigenvalue weighted by atomic mass is 19.1. The average Bonchev–Trinajstić information content (AvgIpc) is 2.89. The molecule has 1 saturated heterocycles. The van der Waals surface area contributed by atoms with E-state index in [1.807, 2.05) is 6.07 Å². The molecule has 1 fully saturated rings. The van der Waals surface area contributed by atoms with Crippen molar-refractivity contribution in [3.05, 3.63) is 71.3 Å². The Balaban J connectivity index is 1.45. The largest absolute Gasteiger partial charge is 0.381 e. The third kappa shape index (κ3) is 5.50. The number of nitrogens with zero attached hydrogens (tertiary/aromatic N) is 4. The highest BCUT2D eigenvalue weighted by molar-refractivity contribution is 5.98. The monoisotopic (exact) mass is 488 g/mol. The second kappa shape index (κ2) is 10.7. The number of pyridine rings is 2. The first-order valence-corrected chi connectivity index (χ1v) is 11.3. The van der Waals surface area contributed by atoms with Crippen molar-refractivity contribution in [1.29, 1.82) is 5.26 Å². The van der Waals surface area contributed by atoms with Gasteiger partial charge in [-0.15, -0.1) is 0 Å². The number of carbonyl (C=O) groups excluding carboxylic acids is 2. The van der Waals surface area contributed by atoms with Gasteiger partial charge in [-0.05, 0) is 43.2 Å². The van der Waals surface area contributed by atoms with Gasteiger partial charge in [-0.25, -0.2) is 14.4 Å². The van der Waals surface area contributed by atoms with E-state index in [0.717, 1.165) is 31.7 Å². The van der Waals surface area contributed by atoms with Crippen molar-refractivity contribution in [1.82, 2.24) is 15.3 Å². The molecule has 0 aliphatic carbocycles. The zero-order valence-corrected chi connectivity index (χ0v) is 19.6. The Morgan fingerprint density at radius 2 is 1.89 bits per heavy atom. The molecule has 184 valence electrons. The van der Waals surface area contributed by atoms with Gasteiger partial charge in [0.1, 0.15) is 23.5 Å². The van der Waals surface area contributed by atoms with E-state index in [1.54, 1.807) is 24.4 Å². The third-order valence-corrected chi connectivity index (χ3v) is 5.94. The van der Waals surface area contributed by atoms with Gasteiger partial charge >= 0.3 is 0 Å². The van der Waals surface area contributed by atoms with Gasteiger partial charge in [-0.1, -0.05) is 0 Å². The minimum Gasteiger partial charge on any atom is -0.381 e. The van der Waals surface area contributed by atoms with Crippen LogP contribution in [0.2, 0.25) is 0 Å². The summed E-state index contributed by atoms with van der Waals surface area (Å²) in [4.78, 5) is 34.4. The number of benzene rings is 1. The molecule has 3 heterocycles. The fourth-order valence-electron chi connectivity index (χ4n) is 4.01. The molecule has 1 aliphatic heterocycles. The van der Waals surface area contributed by atoms with E-state index in [9.17, 15) is 14.0 Å². The van der Waals surface area contributed by atoms with Crippen molar-refractivity contribution < 1.29 is 14.0 Å². The van der Waals surface area contributed by atoms with E-state index in [0.29, 0.717) is 22.8 Å². The van der Waals surface area contributed by atoms with E-state index in [4.69, 9.17) is 11.0 Å². The SMILES string of the molecule is CNC(=O)c1ccc(Nc2cc(NC3CCN(c4ccc(C#N)cn4)CC3)c(C(N)=O)cn2)cc1F. The smallest absolute Gasteiger partial charge is 0.253 e. The first-order valence-electron chi connectivity index (χ1n) is 11.3. The minimum absolute atomic E-state index is 0.0648. The number of halogens is 1. The molecular weight excluding hydrogens is 463 g/mol. The van der Waals surface area contributed by atoms with Crippen molar-refractivity contribution >= 4 is 34.8 Å². The Morgan fingerprint density at radius 3 is 2.50 bits per heavy atom. The van der Waals surface area contributed by atoms with Crippen molar-refractivity contribution in [2.24, 2.45) is 5.73 Å². The number of anilines is 4. The fraction of sp³-hybridized carbons (Fsp3) is 0.240. The molecule has 0 bridgehead atoms. The van der Waals surface area contributed by atoms with Crippen molar-refractivity contribution in [3.63, 3.8) is 0 Å². The normalized spacial score (nSPS) is 13.5. The summed E-state index contributed by atoms with van der Waals surface area (Å²) in [7, 11) is 1.43. The molecule has 10 nitrogen and oxygen atoms in total. The number of aromatic nitrogens is 2. The van der Waals surface area contributed by atoms with Gasteiger partial charge in [-0.2, -0.15) is 5.26 Å². The van der Waals surface area contributed by atoms with Crippen molar-refractivity contribution in [2.75, 3.05) is 35.7 Å². The van der Waals surface area contributed by atoms with Crippen LogP contribution in [0.3, 0.4) is 0 Å². The topological polar surface area (TPSA) is 149 Å². The standard InChI is InChI=1S/C25H25FN8O2/c1-29-25(36)18-4-3-17(10-20(18)26)33-22-11-21(19(14-30-22)24(28)35)32-16-6-8-34(9-7-16)23-5-2-15(12-27)13-31-23/h2-5,10-11,13-14,16H,6-9H2,1H3,(H2,28,35)(H,29,36)(H2,30,32,33). The lowest BCUT2D eigenvalue weighted by molar-refractivity contribution is 0.0957. The van der Waals surface area contributed by atoms with Gasteiger partial charge in [0.25, 0.3) is 11.8 Å². The summed E-state index contributed by atoms with van der Waals surface area (Å²) in [6, 6.07) is 11.5. The van der Waals surface area contributed by atoms with E-state index in [-0.39, 0.29) is 17.2 Å². The van der Waals surface area contributed by atoms with Crippen LogP contribution in [0.25, 0.3) is 0 Å². The van der Waals surface area contributed by atoms with E-state index >= 15 is 0 Å². The maximum Gasteiger partial charge on any atom is 0.253 e. The highest BCUT2D eigenvalue weighted by Crippen LogP contribution is 2.26. The number of nitrogens with two attached hydrogens (primary N) is 1. The quantitative estimate of drug-likeness (QED) is 0.397. The summed E-state index contributed by atoms with van der Waals surface area (Å²) >= 11 is 0. The van der Waals surface area contributed by atoms with Gasteiger partial charge in [-0.3, -0.25) is 9.59 Å². The summed E-state index contributed by atoms with van der Waals surface area (Å²) in [6.07, 6.45) is 4.51. The molecular formula is C25H25FN8O2. The number of nitriles is 1. The molecule has 0 saturated carbocycles. The Morgan fingerprint density at radius 1 is 1.11 bits per heavy atom. The molecule has 11 heteroatoms. The number of hydrogen-bond donors (Lipinski definition) is 4. The molecule has 2 amide bonds. The van der Waals surface area contributed by atoms with Crippen molar-refractivity contribution in [3.8, 4) is 6.07 Å². The number of hydrogen-bond acceptors (Lipinski definition) is 8. The molecule has 0 atom stereocenters. The van der Waals surface area contributed by atoms with Crippen LogP contribution in [-0.4, -0.2) is 48.0 Å². The first-order chi connectivity index (χ1) is 17.4. The van der Waals surface area contributed by atoms with Crippen LogP contribution >= 0.6 is 0 Å². The van der Waals surface area contributed by atoms with E-state index in [2.05, 4.69) is 36.9 Å². The maximum absolute atomic E-state index is 14.3. The summed E-state index contributed by atoms with van der Waals surface area (Å²) < 4.78 is 14.3. The lowest BCUT2D eigenvalue weighted by Crippen LogP contribution is -2.39. The van der Waals surface area contributed by atoms with Crippen LogP contribution in [-0.2, 0) is 0 Å². The number of piperidine rings is 1. The van der Waals surface area contributed by atoms with Crippen LogP contribution in [0.5, 0.6) is 0 Å². The summed E-state index contributed by atoms with van der Waals surface area (Å²) in [5.41, 5.74) is 7.18. The van der Waals surface area contributed by atoms with Crippen LogP contribution in [0, 0.1) is 17.1 Å². The summed E-state index contributed by atoms with van der Waals surface area (Å²) in [6.45, 7) is 1.49. The second-order valence-electron chi connectivity index (χ2n) is 8.30. The Hall–Kier alpha value is -4.72. The minimum atomic E-state index is -0.671. The molecule has 2 aromatic heterocycles. The molecule has 36 heavy (non-hydrogen) atoms. The maximum atomic E-state index is 14.3. The predicted molar refractivity (Wildman–Crippen MR) is 134 cm³/mol. The fourth-order valence-corrected chi connectivity index (χ4v) is 4.01. The molecule has 0 spiro atoms. The van der Waals surface area contributed by atoms with Gasteiger partial charge in [0.05, 0.1) is 22.4 Å². The first kappa shape index (κ1) is 24.4. The number of carbonyl (C=O) groups is 2. The Labute approximate surface area is 207 Å². The van der Waals surface area contributed by atoms with Gasteiger partial charge in [0.2, 0.25) is 0 Å². The highest BCUT2D eigenvalue weighted by Gasteiger charge is 2.22. The number of primary amides is 1. The molecule has 4 rings (SSSR count). The van der Waals surface area contributed by atoms with E-state index in [1.165, 1.54) is 25.4 Å². The zero-order chi connectivity index (χ0) is 25.7. The third-order valence-electron chi connectivity index (χ3n) is 5.94. The van der Waals surface area contributed by atoms with Crippen LogP contribution in [0.4, 0.5) is 27.4 Å². The van der Waals surface area contributed by atoms with Crippen LogP contribution < -0.4 is 26.6 Å². The molecule has 3 aromatic rings. The lowest BCUT2D eigenvalue weighted by atomic mass is 10.0. The average molecular weight is 489 g/mol. The number of amides is 2. The van der Waals surface area contributed by atoms with Gasteiger partial charge in [0.15, 0.2) is 0 Å². The summed E-state index contributed by atoms with van der Waals surface area (Å²) in [5, 5.41) is 17.7. The molecule has 0 unspecified atom stereocenters. The van der Waals surface area contributed by atoms with Crippen LogP contribution in [0.15, 0.2) is 48.8 Å². The lowest BCUT2D eigenvalue weighted by Gasteiger charge is -2.34.